The predicted octanol–water partition coefficient (Wildman–Crippen LogP) is 4.31. The molecule has 1 aliphatic heterocycles. The van der Waals surface area contributed by atoms with Crippen LogP contribution < -0.4 is 0 Å². The molecule has 3 aromatic heterocycles. The third-order valence-electron chi connectivity index (χ3n) is 5.50. The van der Waals surface area contributed by atoms with Crippen LogP contribution in [0.3, 0.4) is 0 Å². The highest BCUT2D eigenvalue weighted by atomic mass is 19.1. The maximum Gasteiger partial charge on any atom is 0.156 e. The summed E-state index contributed by atoms with van der Waals surface area (Å²) in [5, 5.41) is 4.76. The lowest BCUT2D eigenvalue weighted by Gasteiger charge is -2.31. The van der Waals surface area contributed by atoms with Crippen LogP contribution in [0.2, 0.25) is 0 Å². The van der Waals surface area contributed by atoms with Crippen molar-refractivity contribution in [3.63, 3.8) is 0 Å². The Morgan fingerprint density at radius 3 is 2.90 bits per heavy atom. The van der Waals surface area contributed by atoms with E-state index in [1.165, 1.54) is 17.7 Å². The highest BCUT2D eigenvalue weighted by Gasteiger charge is 2.25. The molecule has 1 fully saturated rings. The molecule has 0 aliphatic carbocycles. The maximum absolute atomic E-state index is 13.6. The number of likely N-dealkylation sites (tertiary alicyclic amines) is 1. The van der Waals surface area contributed by atoms with Gasteiger partial charge in [0, 0.05) is 43.2 Å². The lowest BCUT2D eigenvalue weighted by Crippen LogP contribution is -2.34. The van der Waals surface area contributed by atoms with Crippen LogP contribution in [0.4, 0.5) is 4.39 Å². The molecule has 0 radical (unpaired) electrons. The molecule has 4 heterocycles. The Hall–Kier alpha value is -3.12. The summed E-state index contributed by atoms with van der Waals surface area (Å²) in [4.78, 5) is 11.4. The van der Waals surface area contributed by atoms with Crippen molar-refractivity contribution < 1.29 is 4.39 Å². The van der Waals surface area contributed by atoms with Gasteiger partial charge in [0.1, 0.15) is 5.82 Å². The highest BCUT2D eigenvalue weighted by molar-refractivity contribution is 5.64. The second-order valence-corrected chi connectivity index (χ2v) is 7.64. The molecule has 6 heteroatoms. The van der Waals surface area contributed by atoms with Gasteiger partial charge in [-0.25, -0.2) is 13.9 Å². The lowest BCUT2D eigenvalue weighted by atomic mass is 9.97. The van der Waals surface area contributed by atoms with Crippen molar-refractivity contribution in [1.29, 1.82) is 0 Å². The Balaban J connectivity index is 1.37. The molecule has 0 spiro atoms. The smallest absolute Gasteiger partial charge is 0.156 e. The van der Waals surface area contributed by atoms with Gasteiger partial charge in [-0.3, -0.25) is 9.88 Å². The van der Waals surface area contributed by atoms with Crippen LogP contribution in [0.1, 0.15) is 30.1 Å². The van der Waals surface area contributed by atoms with E-state index in [1.807, 2.05) is 41.2 Å². The predicted molar refractivity (Wildman–Crippen MR) is 110 cm³/mol. The summed E-state index contributed by atoms with van der Waals surface area (Å²) in [6.45, 7) is 2.94. The van der Waals surface area contributed by atoms with Crippen LogP contribution >= 0.6 is 0 Å². The third kappa shape index (κ3) is 3.89. The topological polar surface area (TPSA) is 46.3 Å². The average Bonchev–Trinajstić information content (AvgIpc) is 3.18. The number of rotatable bonds is 4. The minimum atomic E-state index is -0.238. The van der Waals surface area contributed by atoms with Crippen molar-refractivity contribution in [3.8, 4) is 11.1 Å². The maximum atomic E-state index is 13.6. The largest absolute Gasteiger partial charge is 0.298 e. The van der Waals surface area contributed by atoms with E-state index in [4.69, 9.17) is 10.1 Å². The van der Waals surface area contributed by atoms with Crippen LogP contribution in [-0.4, -0.2) is 37.6 Å². The van der Waals surface area contributed by atoms with E-state index >= 15 is 0 Å². The number of piperidine rings is 1. The average molecular weight is 387 g/mol. The van der Waals surface area contributed by atoms with Crippen molar-refractivity contribution in [3.05, 3.63) is 84.3 Å². The third-order valence-corrected chi connectivity index (χ3v) is 5.50. The van der Waals surface area contributed by atoms with Crippen molar-refractivity contribution >= 4 is 5.65 Å². The van der Waals surface area contributed by atoms with Crippen LogP contribution in [0.15, 0.2) is 67.1 Å². The molecule has 4 aromatic rings. The molecule has 5 nitrogen and oxygen atoms in total. The van der Waals surface area contributed by atoms with Crippen LogP contribution in [0.25, 0.3) is 16.8 Å². The fourth-order valence-corrected chi connectivity index (χ4v) is 4.07. The molecule has 0 N–H and O–H groups in total. The second kappa shape index (κ2) is 7.72. The van der Waals surface area contributed by atoms with Crippen molar-refractivity contribution in [2.45, 2.75) is 25.3 Å². The first-order chi connectivity index (χ1) is 14.2. The number of benzene rings is 1. The zero-order valence-electron chi connectivity index (χ0n) is 16.1. The fraction of sp³-hybridized carbons (Fsp3) is 0.261. The van der Waals surface area contributed by atoms with Gasteiger partial charge in [0.25, 0.3) is 0 Å². The fourth-order valence-electron chi connectivity index (χ4n) is 4.07. The lowest BCUT2D eigenvalue weighted by molar-refractivity contribution is 0.196. The van der Waals surface area contributed by atoms with E-state index in [-0.39, 0.29) is 5.82 Å². The Morgan fingerprint density at radius 2 is 2.03 bits per heavy atom. The highest BCUT2D eigenvalue weighted by Crippen LogP contribution is 2.27. The Morgan fingerprint density at radius 1 is 1.07 bits per heavy atom. The molecule has 29 heavy (non-hydrogen) atoms. The standard InChI is InChI=1S/C23H22FN5/c24-21-7-1-5-18(12-21)19-8-9-22-26-23(27-29(22)16-19)20-6-3-11-28(15-20)14-17-4-2-10-25-13-17/h1-2,4-5,7-10,12-13,16,20H,3,6,11,14-15H2. The van der Waals surface area contributed by atoms with E-state index in [1.54, 1.807) is 12.3 Å². The van der Waals surface area contributed by atoms with Crippen LogP contribution in [0, 0.1) is 5.82 Å². The molecule has 0 saturated carbocycles. The molecule has 0 amide bonds. The number of nitrogens with zero attached hydrogens (tertiary/aromatic N) is 5. The van der Waals surface area contributed by atoms with Gasteiger partial charge < -0.3 is 0 Å². The summed E-state index contributed by atoms with van der Waals surface area (Å²) < 4.78 is 15.4. The summed E-state index contributed by atoms with van der Waals surface area (Å²) in [7, 11) is 0. The summed E-state index contributed by atoms with van der Waals surface area (Å²) in [6.07, 6.45) is 7.89. The van der Waals surface area contributed by atoms with Crippen molar-refractivity contribution in [2.75, 3.05) is 13.1 Å². The van der Waals surface area contributed by atoms with Gasteiger partial charge in [0.15, 0.2) is 11.5 Å². The Labute approximate surface area is 168 Å². The monoisotopic (exact) mass is 387 g/mol. The summed E-state index contributed by atoms with van der Waals surface area (Å²) >= 11 is 0. The van der Waals surface area contributed by atoms with Gasteiger partial charge in [-0.1, -0.05) is 18.2 Å². The molecule has 1 unspecified atom stereocenters. The van der Waals surface area contributed by atoms with E-state index in [9.17, 15) is 4.39 Å². The summed E-state index contributed by atoms with van der Waals surface area (Å²) in [6, 6.07) is 14.6. The van der Waals surface area contributed by atoms with Crippen LogP contribution in [-0.2, 0) is 6.54 Å². The molecule has 1 saturated heterocycles. The molecule has 1 aliphatic rings. The molecular weight excluding hydrogens is 365 g/mol. The SMILES string of the molecule is Fc1cccc(-c2ccc3nc(C4CCCN(Cc5cccnc5)C4)nn3c2)c1. The van der Waals surface area contributed by atoms with E-state index in [2.05, 4.69) is 16.0 Å². The second-order valence-electron chi connectivity index (χ2n) is 7.64. The van der Waals surface area contributed by atoms with Gasteiger partial charge in [0.05, 0.1) is 0 Å². The number of hydrogen-bond acceptors (Lipinski definition) is 4. The number of aromatic nitrogens is 4. The quantitative estimate of drug-likeness (QED) is 0.524. The zero-order valence-corrected chi connectivity index (χ0v) is 16.1. The number of fused-ring (bicyclic) bond motifs is 1. The number of pyridine rings is 2. The zero-order chi connectivity index (χ0) is 19.6. The molecular formula is C23H22FN5. The molecule has 1 atom stereocenters. The molecule has 0 bridgehead atoms. The van der Waals surface area contributed by atoms with Crippen molar-refractivity contribution in [2.24, 2.45) is 0 Å². The number of hydrogen-bond donors (Lipinski definition) is 0. The first-order valence-corrected chi connectivity index (χ1v) is 9.98. The summed E-state index contributed by atoms with van der Waals surface area (Å²) in [5.74, 6) is 0.966. The van der Waals surface area contributed by atoms with Gasteiger partial charge in [-0.2, -0.15) is 5.10 Å². The van der Waals surface area contributed by atoms with Crippen molar-refractivity contribution in [1.82, 2.24) is 24.5 Å². The minimum Gasteiger partial charge on any atom is -0.298 e. The van der Waals surface area contributed by atoms with Gasteiger partial charge in [-0.15, -0.1) is 0 Å². The van der Waals surface area contributed by atoms with Gasteiger partial charge in [0.2, 0.25) is 0 Å². The molecule has 146 valence electrons. The van der Waals surface area contributed by atoms with E-state index in [0.717, 1.165) is 55.1 Å². The summed E-state index contributed by atoms with van der Waals surface area (Å²) in [5.41, 5.74) is 3.82. The first-order valence-electron chi connectivity index (χ1n) is 9.98. The minimum absolute atomic E-state index is 0.238. The Bertz CT molecular complexity index is 1120. The van der Waals surface area contributed by atoms with Gasteiger partial charge >= 0.3 is 0 Å². The van der Waals surface area contributed by atoms with E-state index < -0.39 is 0 Å². The van der Waals surface area contributed by atoms with Crippen LogP contribution in [0.5, 0.6) is 0 Å². The molecule has 5 rings (SSSR count). The van der Waals surface area contributed by atoms with E-state index in [0.29, 0.717) is 5.92 Å². The van der Waals surface area contributed by atoms with Gasteiger partial charge in [-0.05, 0) is 60.8 Å². The normalized spacial score (nSPS) is 17.6. The number of halogens is 1. The first kappa shape index (κ1) is 17.9. The molecule has 1 aromatic carbocycles. The Kier molecular flexibility index (Phi) is 4.77.